The van der Waals surface area contributed by atoms with Gasteiger partial charge in [0.1, 0.15) is 10.6 Å². The van der Waals surface area contributed by atoms with Crippen LogP contribution in [0.1, 0.15) is 37.1 Å². The second-order valence-electron chi connectivity index (χ2n) is 6.92. The van der Waals surface area contributed by atoms with Crippen molar-refractivity contribution in [2.45, 2.75) is 50.5 Å². The van der Waals surface area contributed by atoms with Gasteiger partial charge in [0.15, 0.2) is 5.76 Å². The Hall–Kier alpha value is -1.45. The third-order valence-corrected chi connectivity index (χ3v) is 7.10. The summed E-state index contributed by atoms with van der Waals surface area (Å²) in [5, 5.41) is 9.90. The molecular weight excluding hydrogens is 344 g/mol. The van der Waals surface area contributed by atoms with Crippen molar-refractivity contribution in [2.24, 2.45) is 5.92 Å². The summed E-state index contributed by atoms with van der Waals surface area (Å²) in [5.74, 6) is 0.456. The van der Waals surface area contributed by atoms with E-state index >= 15 is 0 Å². The molecule has 1 aromatic rings. The number of nitrogens with zero attached hydrogens (tertiary/aromatic N) is 2. The van der Waals surface area contributed by atoms with Crippen molar-refractivity contribution >= 4 is 15.9 Å². The molecule has 140 valence electrons. The van der Waals surface area contributed by atoms with Gasteiger partial charge in [-0.1, -0.05) is 5.16 Å². The van der Waals surface area contributed by atoms with Crippen LogP contribution in [0.2, 0.25) is 0 Å². The fourth-order valence-electron chi connectivity index (χ4n) is 3.66. The Labute approximate surface area is 148 Å². The highest BCUT2D eigenvalue weighted by Crippen LogP contribution is 2.27. The van der Waals surface area contributed by atoms with Gasteiger partial charge in [0.2, 0.25) is 15.9 Å². The summed E-state index contributed by atoms with van der Waals surface area (Å²) in [6.45, 7) is 5.53. The maximum absolute atomic E-state index is 12.9. The minimum atomic E-state index is -3.62. The number of hydrogen-bond donors (Lipinski definition) is 2. The maximum Gasteiger partial charge on any atom is 0.248 e. The third kappa shape index (κ3) is 3.88. The van der Waals surface area contributed by atoms with Gasteiger partial charge < -0.3 is 15.2 Å². The zero-order valence-electron chi connectivity index (χ0n) is 14.7. The molecule has 2 aliphatic heterocycles. The lowest BCUT2D eigenvalue weighted by Gasteiger charge is -2.32. The summed E-state index contributed by atoms with van der Waals surface area (Å²) < 4.78 is 32.3. The number of amides is 1. The van der Waals surface area contributed by atoms with Crippen molar-refractivity contribution in [1.29, 1.82) is 0 Å². The molecule has 0 spiro atoms. The van der Waals surface area contributed by atoms with E-state index in [1.165, 1.54) is 4.31 Å². The Balaban J connectivity index is 1.62. The lowest BCUT2D eigenvalue weighted by molar-refractivity contribution is -0.123. The van der Waals surface area contributed by atoms with E-state index in [1.54, 1.807) is 13.8 Å². The predicted octanol–water partition coefficient (Wildman–Crippen LogP) is 0.560. The summed E-state index contributed by atoms with van der Waals surface area (Å²) in [6.07, 6.45) is 3.57. The van der Waals surface area contributed by atoms with Crippen LogP contribution in [0, 0.1) is 19.8 Å². The lowest BCUT2D eigenvalue weighted by Crippen LogP contribution is -2.46. The highest BCUT2D eigenvalue weighted by Gasteiger charge is 2.34. The number of sulfonamides is 1. The number of carbonyl (C=O) groups excluding carboxylic acids is 1. The first-order valence-electron chi connectivity index (χ1n) is 8.83. The quantitative estimate of drug-likeness (QED) is 0.785. The van der Waals surface area contributed by atoms with Crippen LogP contribution >= 0.6 is 0 Å². The molecule has 2 saturated heterocycles. The molecule has 0 saturated carbocycles. The van der Waals surface area contributed by atoms with E-state index in [4.69, 9.17) is 4.52 Å². The van der Waals surface area contributed by atoms with Crippen molar-refractivity contribution < 1.29 is 17.7 Å². The average Bonchev–Trinajstić information content (AvgIpc) is 3.23. The first-order valence-corrected chi connectivity index (χ1v) is 10.3. The van der Waals surface area contributed by atoms with Crippen LogP contribution in [0.25, 0.3) is 0 Å². The Morgan fingerprint density at radius 2 is 2.16 bits per heavy atom. The predicted molar refractivity (Wildman–Crippen MR) is 91.5 cm³/mol. The van der Waals surface area contributed by atoms with Crippen LogP contribution in [0.3, 0.4) is 0 Å². The van der Waals surface area contributed by atoms with Crippen molar-refractivity contribution in [3.63, 3.8) is 0 Å². The SMILES string of the molecule is Cc1noc(C)c1S(=O)(=O)N1CCCC(CNC(=O)C2CCCN2)C1. The zero-order chi connectivity index (χ0) is 18.0. The van der Waals surface area contributed by atoms with Crippen LogP contribution in [0.4, 0.5) is 0 Å². The first-order chi connectivity index (χ1) is 11.9. The van der Waals surface area contributed by atoms with Gasteiger partial charge in [-0.05, 0) is 52.0 Å². The number of nitrogens with one attached hydrogen (secondary N) is 2. The summed E-state index contributed by atoms with van der Waals surface area (Å²) in [6, 6.07) is -0.106. The fourth-order valence-corrected chi connectivity index (χ4v) is 5.51. The van der Waals surface area contributed by atoms with E-state index in [2.05, 4.69) is 15.8 Å². The van der Waals surface area contributed by atoms with Crippen molar-refractivity contribution in [3.8, 4) is 0 Å². The van der Waals surface area contributed by atoms with E-state index in [0.717, 1.165) is 32.2 Å². The normalized spacial score (nSPS) is 25.2. The van der Waals surface area contributed by atoms with Crippen molar-refractivity contribution in [3.05, 3.63) is 11.5 Å². The molecule has 9 heteroatoms. The molecule has 2 N–H and O–H groups in total. The van der Waals surface area contributed by atoms with Gasteiger partial charge in [-0.3, -0.25) is 4.79 Å². The molecule has 0 aliphatic carbocycles. The van der Waals surface area contributed by atoms with E-state index in [1.807, 2.05) is 0 Å². The fraction of sp³-hybridized carbons (Fsp3) is 0.750. The van der Waals surface area contributed by atoms with Gasteiger partial charge >= 0.3 is 0 Å². The minimum Gasteiger partial charge on any atom is -0.360 e. The largest absolute Gasteiger partial charge is 0.360 e. The Kier molecular flexibility index (Phi) is 5.45. The number of aromatic nitrogens is 1. The van der Waals surface area contributed by atoms with Crippen molar-refractivity contribution in [2.75, 3.05) is 26.2 Å². The monoisotopic (exact) mass is 370 g/mol. The van der Waals surface area contributed by atoms with Crippen LogP contribution in [0.5, 0.6) is 0 Å². The van der Waals surface area contributed by atoms with Gasteiger partial charge in [-0.15, -0.1) is 0 Å². The van der Waals surface area contributed by atoms with Crippen LogP contribution in [0.15, 0.2) is 9.42 Å². The molecule has 0 bridgehead atoms. The van der Waals surface area contributed by atoms with Gasteiger partial charge in [-0.25, -0.2) is 8.42 Å². The third-order valence-electron chi connectivity index (χ3n) is 4.99. The molecule has 0 aromatic carbocycles. The highest BCUT2D eigenvalue weighted by molar-refractivity contribution is 7.89. The summed E-state index contributed by atoms with van der Waals surface area (Å²) in [5.41, 5.74) is 0.389. The highest BCUT2D eigenvalue weighted by atomic mass is 32.2. The Morgan fingerprint density at radius 3 is 2.80 bits per heavy atom. The van der Waals surface area contributed by atoms with Crippen LogP contribution in [-0.2, 0) is 14.8 Å². The van der Waals surface area contributed by atoms with Crippen LogP contribution in [-0.4, -0.2) is 56.0 Å². The van der Waals surface area contributed by atoms with Gasteiger partial charge in [0, 0.05) is 19.6 Å². The molecule has 3 rings (SSSR count). The smallest absolute Gasteiger partial charge is 0.248 e. The van der Waals surface area contributed by atoms with Crippen LogP contribution < -0.4 is 10.6 Å². The molecule has 1 aromatic heterocycles. The second-order valence-corrected chi connectivity index (χ2v) is 8.79. The number of piperidine rings is 1. The molecule has 0 radical (unpaired) electrons. The van der Waals surface area contributed by atoms with E-state index in [0.29, 0.717) is 31.1 Å². The summed E-state index contributed by atoms with van der Waals surface area (Å²) >= 11 is 0. The minimum absolute atomic E-state index is 0.0169. The molecule has 8 nitrogen and oxygen atoms in total. The molecule has 3 heterocycles. The van der Waals surface area contributed by atoms with E-state index in [-0.39, 0.29) is 22.8 Å². The summed E-state index contributed by atoms with van der Waals surface area (Å²) in [7, 11) is -3.62. The Bertz CT molecular complexity index is 705. The number of aryl methyl sites for hydroxylation is 2. The molecule has 2 unspecified atom stereocenters. The molecule has 2 aliphatic rings. The van der Waals surface area contributed by atoms with E-state index in [9.17, 15) is 13.2 Å². The Morgan fingerprint density at radius 1 is 1.36 bits per heavy atom. The van der Waals surface area contributed by atoms with Gasteiger partial charge in [0.05, 0.1) is 6.04 Å². The first kappa shape index (κ1) is 18.3. The zero-order valence-corrected chi connectivity index (χ0v) is 15.6. The lowest BCUT2D eigenvalue weighted by atomic mass is 9.99. The second kappa shape index (κ2) is 7.43. The average molecular weight is 370 g/mol. The molecule has 2 fully saturated rings. The standard InChI is InChI=1S/C16H26N4O4S/c1-11-15(12(2)24-19-11)25(22,23)20-8-4-5-13(10-20)9-18-16(21)14-6-3-7-17-14/h13-14,17H,3-10H2,1-2H3,(H,18,21). The molecular formula is C16H26N4O4S. The topological polar surface area (TPSA) is 105 Å². The van der Waals surface area contributed by atoms with Gasteiger partial charge in [0.25, 0.3) is 0 Å². The van der Waals surface area contributed by atoms with E-state index < -0.39 is 10.0 Å². The number of carbonyl (C=O) groups is 1. The molecule has 1 amide bonds. The number of hydrogen-bond acceptors (Lipinski definition) is 6. The number of rotatable bonds is 5. The summed E-state index contributed by atoms with van der Waals surface area (Å²) in [4.78, 5) is 12.3. The van der Waals surface area contributed by atoms with Gasteiger partial charge in [-0.2, -0.15) is 4.31 Å². The van der Waals surface area contributed by atoms with Crippen molar-refractivity contribution in [1.82, 2.24) is 20.1 Å². The molecule has 25 heavy (non-hydrogen) atoms. The molecule has 2 atom stereocenters. The maximum atomic E-state index is 12.9.